The number of anilines is 2. The molecule has 1 heterocycles. The fourth-order valence-electron chi connectivity index (χ4n) is 1.49. The minimum atomic E-state index is -0.328. The van der Waals surface area contributed by atoms with Crippen molar-refractivity contribution in [3.8, 4) is 0 Å². The molecular formula is C11H14FN5. The van der Waals surface area contributed by atoms with E-state index in [1.807, 2.05) is 0 Å². The van der Waals surface area contributed by atoms with Crippen LogP contribution in [0.1, 0.15) is 6.42 Å². The third-order valence-electron chi connectivity index (χ3n) is 2.34. The number of nitrogen functional groups attached to an aromatic ring is 1. The van der Waals surface area contributed by atoms with Crippen LogP contribution in [-0.4, -0.2) is 21.3 Å². The maximum atomic E-state index is 13.4. The Kier molecular flexibility index (Phi) is 3.54. The summed E-state index contributed by atoms with van der Waals surface area (Å²) in [5.74, 6) is -0.328. The van der Waals surface area contributed by atoms with Gasteiger partial charge in [-0.15, -0.1) is 0 Å². The Balaban J connectivity index is 1.78. The van der Waals surface area contributed by atoms with Crippen LogP contribution in [0, 0.1) is 5.82 Å². The van der Waals surface area contributed by atoms with Crippen LogP contribution in [-0.2, 0) is 6.54 Å². The van der Waals surface area contributed by atoms with Crippen LogP contribution in [0.2, 0.25) is 0 Å². The number of benzene rings is 1. The normalized spacial score (nSPS) is 10.4. The van der Waals surface area contributed by atoms with Gasteiger partial charge in [-0.3, -0.25) is 4.68 Å². The lowest BCUT2D eigenvalue weighted by molar-refractivity contribution is 0.587. The Morgan fingerprint density at radius 3 is 3.00 bits per heavy atom. The van der Waals surface area contributed by atoms with Crippen molar-refractivity contribution in [1.29, 1.82) is 0 Å². The maximum absolute atomic E-state index is 13.4. The van der Waals surface area contributed by atoms with E-state index in [0.29, 0.717) is 17.9 Å². The van der Waals surface area contributed by atoms with E-state index in [1.54, 1.807) is 23.1 Å². The molecule has 0 aliphatic rings. The van der Waals surface area contributed by atoms with Crippen LogP contribution in [0.3, 0.4) is 0 Å². The van der Waals surface area contributed by atoms with Crippen molar-refractivity contribution < 1.29 is 4.39 Å². The Morgan fingerprint density at radius 1 is 1.41 bits per heavy atom. The molecule has 5 nitrogen and oxygen atoms in total. The number of nitrogens with one attached hydrogen (secondary N) is 1. The van der Waals surface area contributed by atoms with Crippen molar-refractivity contribution in [2.45, 2.75) is 13.0 Å². The summed E-state index contributed by atoms with van der Waals surface area (Å²) in [6.07, 6.45) is 3.99. The molecule has 90 valence electrons. The van der Waals surface area contributed by atoms with Gasteiger partial charge < -0.3 is 11.1 Å². The summed E-state index contributed by atoms with van der Waals surface area (Å²) in [5, 5.41) is 6.99. The van der Waals surface area contributed by atoms with Crippen LogP contribution in [0.15, 0.2) is 30.9 Å². The molecule has 0 aliphatic carbocycles. The highest BCUT2D eigenvalue weighted by atomic mass is 19.1. The lowest BCUT2D eigenvalue weighted by Gasteiger charge is -2.07. The van der Waals surface area contributed by atoms with Crippen LogP contribution >= 0.6 is 0 Å². The van der Waals surface area contributed by atoms with Gasteiger partial charge in [0.05, 0.1) is 5.69 Å². The van der Waals surface area contributed by atoms with Crippen LogP contribution in [0.5, 0.6) is 0 Å². The molecule has 0 aliphatic heterocycles. The largest absolute Gasteiger partial charge is 0.399 e. The Labute approximate surface area is 98.5 Å². The summed E-state index contributed by atoms with van der Waals surface area (Å²) >= 11 is 0. The first-order chi connectivity index (χ1) is 8.25. The standard InChI is InChI=1S/C11H14FN5/c12-10-6-9(13)2-3-11(10)15-4-1-5-17-8-14-7-16-17/h2-3,6-8,15H,1,4-5,13H2. The number of aryl methyl sites for hydroxylation is 1. The molecule has 0 unspecified atom stereocenters. The molecule has 0 saturated carbocycles. The second-order valence-electron chi connectivity index (χ2n) is 3.68. The molecule has 0 atom stereocenters. The number of hydrogen-bond donors (Lipinski definition) is 2. The van der Waals surface area contributed by atoms with Crippen molar-refractivity contribution in [3.63, 3.8) is 0 Å². The van der Waals surface area contributed by atoms with E-state index in [0.717, 1.165) is 13.0 Å². The van der Waals surface area contributed by atoms with Gasteiger partial charge in [-0.25, -0.2) is 9.37 Å². The van der Waals surface area contributed by atoms with Gasteiger partial charge >= 0.3 is 0 Å². The van der Waals surface area contributed by atoms with Gasteiger partial charge in [-0.1, -0.05) is 0 Å². The molecule has 0 fully saturated rings. The Hall–Kier alpha value is -2.11. The van der Waals surface area contributed by atoms with Crippen molar-refractivity contribution in [2.24, 2.45) is 0 Å². The fourth-order valence-corrected chi connectivity index (χ4v) is 1.49. The lowest BCUT2D eigenvalue weighted by Crippen LogP contribution is -2.08. The van der Waals surface area contributed by atoms with Crippen molar-refractivity contribution in [1.82, 2.24) is 14.8 Å². The molecule has 0 bridgehead atoms. The molecule has 0 amide bonds. The van der Waals surface area contributed by atoms with Crippen LogP contribution in [0.4, 0.5) is 15.8 Å². The monoisotopic (exact) mass is 235 g/mol. The number of halogens is 1. The number of aromatic nitrogens is 3. The van der Waals surface area contributed by atoms with Crippen molar-refractivity contribution >= 4 is 11.4 Å². The Morgan fingerprint density at radius 2 is 2.29 bits per heavy atom. The SMILES string of the molecule is Nc1ccc(NCCCn2cncn2)c(F)c1. The molecule has 2 rings (SSSR count). The predicted octanol–water partition coefficient (Wildman–Crippen LogP) is 1.50. The maximum Gasteiger partial charge on any atom is 0.148 e. The van der Waals surface area contributed by atoms with E-state index >= 15 is 0 Å². The van der Waals surface area contributed by atoms with Gasteiger partial charge in [0, 0.05) is 18.8 Å². The minimum Gasteiger partial charge on any atom is -0.399 e. The van der Waals surface area contributed by atoms with E-state index in [2.05, 4.69) is 15.4 Å². The molecule has 1 aromatic carbocycles. The lowest BCUT2D eigenvalue weighted by atomic mass is 10.2. The topological polar surface area (TPSA) is 68.8 Å². The van der Waals surface area contributed by atoms with E-state index in [1.165, 1.54) is 12.4 Å². The zero-order valence-electron chi connectivity index (χ0n) is 9.31. The quantitative estimate of drug-likeness (QED) is 0.608. The fraction of sp³-hybridized carbons (Fsp3) is 0.273. The molecule has 17 heavy (non-hydrogen) atoms. The van der Waals surface area contributed by atoms with Crippen molar-refractivity contribution in [2.75, 3.05) is 17.6 Å². The van der Waals surface area contributed by atoms with Gasteiger partial charge in [0.2, 0.25) is 0 Å². The van der Waals surface area contributed by atoms with Gasteiger partial charge in [0.15, 0.2) is 0 Å². The van der Waals surface area contributed by atoms with Gasteiger partial charge in [-0.2, -0.15) is 5.10 Å². The van der Waals surface area contributed by atoms with Crippen LogP contribution in [0.25, 0.3) is 0 Å². The molecule has 0 saturated heterocycles. The molecule has 3 N–H and O–H groups in total. The smallest absolute Gasteiger partial charge is 0.148 e. The van der Waals surface area contributed by atoms with Crippen LogP contribution < -0.4 is 11.1 Å². The molecular weight excluding hydrogens is 221 g/mol. The van der Waals surface area contributed by atoms with E-state index in [9.17, 15) is 4.39 Å². The minimum absolute atomic E-state index is 0.328. The molecule has 1 aromatic heterocycles. The molecule has 0 radical (unpaired) electrons. The van der Waals surface area contributed by atoms with E-state index < -0.39 is 0 Å². The second-order valence-corrected chi connectivity index (χ2v) is 3.68. The second kappa shape index (κ2) is 5.29. The van der Waals surface area contributed by atoms with Crippen molar-refractivity contribution in [3.05, 3.63) is 36.7 Å². The average molecular weight is 235 g/mol. The summed E-state index contributed by atoms with van der Waals surface area (Å²) in [4.78, 5) is 3.84. The zero-order valence-corrected chi connectivity index (χ0v) is 9.31. The highest BCUT2D eigenvalue weighted by molar-refractivity contribution is 5.52. The highest BCUT2D eigenvalue weighted by Gasteiger charge is 2.01. The summed E-state index contributed by atoms with van der Waals surface area (Å²) in [7, 11) is 0. The van der Waals surface area contributed by atoms with E-state index in [4.69, 9.17) is 5.73 Å². The first kappa shape index (κ1) is 11.4. The summed E-state index contributed by atoms with van der Waals surface area (Å²) in [6.45, 7) is 1.42. The van der Waals surface area contributed by atoms with Gasteiger partial charge in [0.1, 0.15) is 18.5 Å². The summed E-state index contributed by atoms with van der Waals surface area (Å²) < 4.78 is 15.1. The summed E-state index contributed by atoms with van der Waals surface area (Å²) in [6, 6.07) is 4.61. The molecule has 6 heteroatoms. The third kappa shape index (κ3) is 3.17. The summed E-state index contributed by atoms with van der Waals surface area (Å²) in [5.41, 5.74) is 6.36. The van der Waals surface area contributed by atoms with Gasteiger partial charge in [0.25, 0.3) is 0 Å². The highest BCUT2D eigenvalue weighted by Crippen LogP contribution is 2.16. The average Bonchev–Trinajstić information content (AvgIpc) is 2.79. The molecule has 2 aromatic rings. The number of rotatable bonds is 5. The first-order valence-electron chi connectivity index (χ1n) is 5.37. The first-order valence-corrected chi connectivity index (χ1v) is 5.37. The Bertz CT molecular complexity index is 469. The molecule has 0 spiro atoms. The van der Waals surface area contributed by atoms with Gasteiger partial charge in [-0.05, 0) is 24.6 Å². The number of hydrogen-bond acceptors (Lipinski definition) is 4. The predicted molar refractivity (Wildman–Crippen MR) is 63.9 cm³/mol. The number of nitrogens with zero attached hydrogens (tertiary/aromatic N) is 3. The number of nitrogens with two attached hydrogens (primary N) is 1. The van der Waals surface area contributed by atoms with E-state index in [-0.39, 0.29) is 5.82 Å². The third-order valence-corrected chi connectivity index (χ3v) is 2.34. The zero-order chi connectivity index (χ0) is 12.1.